The quantitative estimate of drug-likeness (QED) is 0.753. The van der Waals surface area contributed by atoms with Crippen LogP contribution in [0.2, 0.25) is 0 Å². The Kier molecular flexibility index (Phi) is 4.14. The summed E-state index contributed by atoms with van der Waals surface area (Å²) in [6.07, 6.45) is 0.581. The summed E-state index contributed by atoms with van der Waals surface area (Å²) < 4.78 is 21.4. The Morgan fingerprint density at radius 3 is 2.73 bits per heavy atom. The first-order valence-electron chi connectivity index (χ1n) is 7.93. The Morgan fingerprint density at radius 2 is 1.96 bits per heavy atom. The summed E-state index contributed by atoms with van der Waals surface area (Å²) >= 11 is 0. The number of nitrogens with zero attached hydrogens (tertiary/aromatic N) is 2. The number of aromatic nitrogens is 2. The first kappa shape index (κ1) is 15.9. The van der Waals surface area contributed by atoms with E-state index >= 15 is 0 Å². The molecule has 1 aliphatic heterocycles. The smallest absolute Gasteiger partial charge is 0.265 e. The van der Waals surface area contributed by atoms with Crippen LogP contribution in [-0.4, -0.2) is 29.0 Å². The molecule has 2 aromatic carbocycles. The number of ether oxygens (including phenoxy) is 3. The molecule has 0 aliphatic carbocycles. The Bertz CT molecular complexity index is 909. The van der Waals surface area contributed by atoms with Crippen molar-refractivity contribution in [2.24, 2.45) is 0 Å². The van der Waals surface area contributed by atoms with Crippen molar-refractivity contribution in [2.45, 2.75) is 13.0 Å². The normalized spacial score (nSPS) is 13.3. The second-order valence-electron chi connectivity index (χ2n) is 5.59. The molecule has 0 saturated carbocycles. The summed E-state index contributed by atoms with van der Waals surface area (Å²) in [5.41, 5.74) is 1.38. The highest BCUT2D eigenvalue weighted by atomic mass is 16.7. The van der Waals surface area contributed by atoms with Crippen LogP contribution in [0.25, 0.3) is 11.5 Å². The molecule has 0 saturated heterocycles. The minimum absolute atomic E-state index is 0.186. The predicted octanol–water partition coefficient (Wildman–Crippen LogP) is 2.87. The van der Waals surface area contributed by atoms with Gasteiger partial charge in [-0.05, 0) is 43.3 Å². The van der Waals surface area contributed by atoms with E-state index in [2.05, 4.69) is 15.5 Å². The SMILES string of the molecule is C[C@@H](Oc1ccc(-c2nnco2)cc1)C(=O)Nc1ccc2c(c1)OCO2. The zero-order chi connectivity index (χ0) is 17.9. The van der Waals surface area contributed by atoms with Gasteiger partial charge in [-0.1, -0.05) is 0 Å². The van der Waals surface area contributed by atoms with Crippen molar-refractivity contribution in [3.8, 4) is 28.7 Å². The van der Waals surface area contributed by atoms with Crippen LogP contribution in [0.1, 0.15) is 6.92 Å². The van der Waals surface area contributed by atoms with Gasteiger partial charge in [0.1, 0.15) is 5.75 Å². The third-order valence-electron chi connectivity index (χ3n) is 3.78. The summed E-state index contributed by atoms with van der Waals surface area (Å²) in [6.45, 7) is 1.86. The van der Waals surface area contributed by atoms with Gasteiger partial charge in [-0.25, -0.2) is 0 Å². The zero-order valence-electron chi connectivity index (χ0n) is 13.8. The summed E-state index contributed by atoms with van der Waals surface area (Å²) in [4.78, 5) is 12.3. The van der Waals surface area contributed by atoms with Crippen LogP contribution in [0.15, 0.2) is 53.3 Å². The number of amides is 1. The van der Waals surface area contributed by atoms with Gasteiger partial charge < -0.3 is 23.9 Å². The fraction of sp³-hybridized carbons (Fsp3) is 0.167. The topological polar surface area (TPSA) is 95.7 Å². The maximum absolute atomic E-state index is 12.3. The molecule has 3 aromatic rings. The standard InChI is InChI=1S/C18H15N3O5/c1-11(17(22)20-13-4-7-15-16(8-13)25-10-24-15)26-14-5-2-12(3-6-14)18-21-19-9-23-18/h2-9,11H,10H2,1H3,(H,20,22)/t11-/m1/s1. The third kappa shape index (κ3) is 3.30. The number of nitrogens with one attached hydrogen (secondary N) is 1. The lowest BCUT2D eigenvalue weighted by atomic mass is 10.2. The highest BCUT2D eigenvalue weighted by molar-refractivity contribution is 5.94. The number of benzene rings is 2. The largest absolute Gasteiger partial charge is 0.481 e. The van der Waals surface area contributed by atoms with Gasteiger partial charge in [0.15, 0.2) is 17.6 Å². The predicted molar refractivity (Wildman–Crippen MR) is 91.0 cm³/mol. The van der Waals surface area contributed by atoms with Crippen molar-refractivity contribution in [3.05, 3.63) is 48.9 Å². The second kappa shape index (κ2) is 6.75. The summed E-state index contributed by atoms with van der Waals surface area (Å²) in [5.74, 6) is 1.97. The van der Waals surface area contributed by atoms with Crippen LogP contribution in [0.5, 0.6) is 17.2 Å². The Morgan fingerprint density at radius 1 is 1.15 bits per heavy atom. The van der Waals surface area contributed by atoms with E-state index in [1.807, 2.05) is 0 Å². The monoisotopic (exact) mass is 353 g/mol. The lowest BCUT2D eigenvalue weighted by Crippen LogP contribution is -2.30. The van der Waals surface area contributed by atoms with E-state index in [9.17, 15) is 4.79 Å². The van der Waals surface area contributed by atoms with Crippen molar-refractivity contribution >= 4 is 11.6 Å². The van der Waals surface area contributed by atoms with Crippen LogP contribution >= 0.6 is 0 Å². The van der Waals surface area contributed by atoms with E-state index in [0.29, 0.717) is 28.8 Å². The zero-order valence-corrected chi connectivity index (χ0v) is 13.8. The van der Waals surface area contributed by atoms with Crippen LogP contribution < -0.4 is 19.5 Å². The maximum Gasteiger partial charge on any atom is 0.265 e. The van der Waals surface area contributed by atoms with Gasteiger partial charge in [0.05, 0.1) is 0 Å². The number of carbonyl (C=O) groups excluding carboxylic acids is 1. The van der Waals surface area contributed by atoms with Crippen molar-refractivity contribution in [1.82, 2.24) is 10.2 Å². The van der Waals surface area contributed by atoms with Gasteiger partial charge in [0, 0.05) is 17.3 Å². The number of fused-ring (bicyclic) bond motifs is 1. The third-order valence-corrected chi connectivity index (χ3v) is 3.78. The Hall–Kier alpha value is -3.55. The number of anilines is 1. The Labute approximate surface area is 148 Å². The number of carbonyl (C=O) groups is 1. The van der Waals surface area contributed by atoms with E-state index in [1.165, 1.54) is 6.39 Å². The average Bonchev–Trinajstić information content (AvgIpc) is 3.33. The number of hydrogen-bond acceptors (Lipinski definition) is 7. The maximum atomic E-state index is 12.3. The molecular weight excluding hydrogens is 338 g/mol. The van der Waals surface area contributed by atoms with Crippen LogP contribution in [0.4, 0.5) is 5.69 Å². The summed E-state index contributed by atoms with van der Waals surface area (Å²) in [6, 6.07) is 12.3. The molecule has 1 aliphatic rings. The fourth-order valence-electron chi connectivity index (χ4n) is 2.45. The minimum Gasteiger partial charge on any atom is -0.481 e. The first-order valence-corrected chi connectivity index (χ1v) is 7.93. The molecule has 4 rings (SSSR count). The van der Waals surface area contributed by atoms with Crippen molar-refractivity contribution < 1.29 is 23.4 Å². The molecule has 0 fully saturated rings. The van der Waals surface area contributed by atoms with Gasteiger partial charge in [-0.2, -0.15) is 0 Å². The van der Waals surface area contributed by atoms with Gasteiger partial charge in [-0.3, -0.25) is 4.79 Å². The lowest BCUT2D eigenvalue weighted by molar-refractivity contribution is -0.122. The molecule has 8 nitrogen and oxygen atoms in total. The minimum atomic E-state index is -0.685. The van der Waals surface area contributed by atoms with Crippen LogP contribution in [0, 0.1) is 0 Å². The molecule has 1 N–H and O–H groups in total. The molecule has 1 amide bonds. The van der Waals surface area contributed by atoms with Crippen molar-refractivity contribution in [1.29, 1.82) is 0 Å². The molecule has 1 aromatic heterocycles. The Balaban J connectivity index is 1.38. The summed E-state index contributed by atoms with van der Waals surface area (Å²) in [7, 11) is 0. The van der Waals surface area contributed by atoms with E-state index < -0.39 is 6.10 Å². The molecule has 0 spiro atoms. The van der Waals surface area contributed by atoms with Crippen molar-refractivity contribution in [2.75, 3.05) is 12.1 Å². The molecule has 0 radical (unpaired) electrons. The summed E-state index contributed by atoms with van der Waals surface area (Å²) in [5, 5.41) is 10.3. The van der Waals surface area contributed by atoms with Gasteiger partial charge in [-0.15, -0.1) is 10.2 Å². The van der Waals surface area contributed by atoms with Crippen LogP contribution in [-0.2, 0) is 4.79 Å². The van der Waals surface area contributed by atoms with Gasteiger partial charge in [0.2, 0.25) is 19.1 Å². The molecule has 2 heterocycles. The number of rotatable bonds is 5. The molecule has 132 valence electrons. The van der Waals surface area contributed by atoms with E-state index in [4.69, 9.17) is 18.6 Å². The molecule has 1 atom stereocenters. The highest BCUT2D eigenvalue weighted by Gasteiger charge is 2.18. The highest BCUT2D eigenvalue weighted by Crippen LogP contribution is 2.34. The fourth-order valence-corrected chi connectivity index (χ4v) is 2.45. The van der Waals surface area contributed by atoms with E-state index in [1.54, 1.807) is 49.4 Å². The average molecular weight is 353 g/mol. The molecule has 8 heteroatoms. The molecule has 0 unspecified atom stereocenters. The van der Waals surface area contributed by atoms with Crippen LogP contribution in [0.3, 0.4) is 0 Å². The second-order valence-corrected chi connectivity index (χ2v) is 5.59. The van der Waals surface area contributed by atoms with Gasteiger partial charge in [0.25, 0.3) is 5.91 Å². The number of hydrogen-bond donors (Lipinski definition) is 1. The van der Waals surface area contributed by atoms with Crippen molar-refractivity contribution in [3.63, 3.8) is 0 Å². The van der Waals surface area contributed by atoms with E-state index in [0.717, 1.165) is 5.56 Å². The molecule has 0 bridgehead atoms. The lowest BCUT2D eigenvalue weighted by Gasteiger charge is -2.15. The van der Waals surface area contributed by atoms with Gasteiger partial charge >= 0.3 is 0 Å². The first-order chi connectivity index (χ1) is 12.7. The molecular formula is C18H15N3O5. The van der Waals surface area contributed by atoms with E-state index in [-0.39, 0.29) is 12.7 Å². The molecule has 26 heavy (non-hydrogen) atoms.